The van der Waals surface area contributed by atoms with E-state index in [1.165, 1.54) is 7.11 Å². The predicted octanol–water partition coefficient (Wildman–Crippen LogP) is 3.18. The largest absolute Gasteiger partial charge is 0.465 e. The van der Waals surface area contributed by atoms with Gasteiger partial charge in [0, 0.05) is 0 Å². The third-order valence-corrected chi connectivity index (χ3v) is 2.64. The molecule has 0 heterocycles. The molecule has 94 valence electrons. The van der Waals surface area contributed by atoms with Crippen molar-refractivity contribution in [1.29, 1.82) is 0 Å². The molecule has 0 aromatic heterocycles. The van der Waals surface area contributed by atoms with E-state index in [0.717, 1.165) is 18.4 Å². The van der Waals surface area contributed by atoms with Crippen molar-refractivity contribution in [2.24, 2.45) is 0 Å². The second-order valence-corrected chi connectivity index (χ2v) is 4.06. The number of hydrogen-bond donors (Lipinski definition) is 0. The molecule has 3 heteroatoms. The fourth-order valence-corrected chi connectivity index (χ4v) is 1.68. The van der Waals surface area contributed by atoms with E-state index < -0.39 is 0 Å². The Morgan fingerprint density at radius 1 is 1.35 bits per heavy atom. The Kier molecular flexibility index (Phi) is 5.70. The normalized spacial score (nSPS) is 12.2. The molecule has 1 atom stereocenters. The van der Waals surface area contributed by atoms with E-state index in [2.05, 4.69) is 6.92 Å². The number of carbonyl (C=O) groups is 1. The van der Waals surface area contributed by atoms with E-state index in [1.54, 1.807) is 6.07 Å². The molecule has 1 rings (SSSR count). The smallest absolute Gasteiger partial charge is 0.338 e. The molecule has 0 aliphatic heterocycles. The fourth-order valence-electron chi connectivity index (χ4n) is 1.68. The summed E-state index contributed by atoms with van der Waals surface area (Å²) >= 11 is 0. The molecule has 0 aliphatic rings. The number of carbonyl (C=O) groups excluding carboxylic acids is 1. The average Bonchev–Trinajstić information content (AvgIpc) is 2.36. The van der Waals surface area contributed by atoms with Crippen LogP contribution < -0.4 is 0 Å². The van der Waals surface area contributed by atoms with Crippen LogP contribution in [-0.2, 0) is 16.1 Å². The molecule has 0 saturated carbocycles. The lowest BCUT2D eigenvalue weighted by Gasteiger charge is -2.13. The Hall–Kier alpha value is -1.35. The molecule has 1 aromatic carbocycles. The highest BCUT2D eigenvalue weighted by Crippen LogP contribution is 2.13. The minimum Gasteiger partial charge on any atom is -0.465 e. The van der Waals surface area contributed by atoms with Crippen LogP contribution in [-0.4, -0.2) is 19.2 Å². The van der Waals surface area contributed by atoms with Crippen molar-refractivity contribution in [3.05, 3.63) is 35.4 Å². The Morgan fingerprint density at radius 3 is 2.71 bits per heavy atom. The highest BCUT2D eigenvalue weighted by atomic mass is 16.5. The first-order valence-electron chi connectivity index (χ1n) is 5.96. The molecule has 0 fully saturated rings. The summed E-state index contributed by atoms with van der Waals surface area (Å²) in [4.78, 5) is 11.5. The van der Waals surface area contributed by atoms with E-state index in [1.807, 2.05) is 25.1 Å². The zero-order chi connectivity index (χ0) is 12.7. The number of ether oxygens (including phenoxy) is 2. The van der Waals surface area contributed by atoms with Gasteiger partial charge in [-0.25, -0.2) is 4.79 Å². The van der Waals surface area contributed by atoms with Gasteiger partial charge < -0.3 is 9.47 Å². The van der Waals surface area contributed by atoms with Crippen LogP contribution >= 0.6 is 0 Å². The van der Waals surface area contributed by atoms with Crippen LogP contribution in [0.5, 0.6) is 0 Å². The van der Waals surface area contributed by atoms with E-state index >= 15 is 0 Å². The highest BCUT2D eigenvalue weighted by Gasteiger charge is 2.11. The van der Waals surface area contributed by atoms with Gasteiger partial charge in [0.15, 0.2) is 0 Å². The number of rotatable bonds is 6. The summed E-state index contributed by atoms with van der Waals surface area (Å²) in [6.45, 7) is 4.62. The fraction of sp³-hybridized carbons (Fsp3) is 0.500. The van der Waals surface area contributed by atoms with Crippen LogP contribution in [0.2, 0.25) is 0 Å². The average molecular weight is 236 g/mol. The molecule has 0 amide bonds. The molecule has 0 saturated heterocycles. The van der Waals surface area contributed by atoms with E-state index in [-0.39, 0.29) is 12.1 Å². The van der Waals surface area contributed by atoms with Gasteiger partial charge in [0.25, 0.3) is 0 Å². The Labute approximate surface area is 103 Å². The molecule has 0 radical (unpaired) electrons. The highest BCUT2D eigenvalue weighted by molar-refractivity contribution is 5.90. The molecule has 1 unspecified atom stereocenters. The van der Waals surface area contributed by atoms with Crippen molar-refractivity contribution in [2.75, 3.05) is 7.11 Å². The predicted molar refractivity (Wildman–Crippen MR) is 66.9 cm³/mol. The van der Waals surface area contributed by atoms with Gasteiger partial charge in [-0.05, 0) is 25.0 Å². The van der Waals surface area contributed by atoms with E-state index in [4.69, 9.17) is 9.47 Å². The number of methoxy groups -OCH3 is 1. The summed E-state index contributed by atoms with van der Waals surface area (Å²) in [6.07, 6.45) is 2.34. The molecule has 1 aromatic rings. The standard InChI is InChI=1S/C14H20O3/c1-4-7-11(2)17-10-12-8-5-6-9-13(12)14(15)16-3/h5-6,8-9,11H,4,7,10H2,1-3H3. The molecule has 0 aliphatic carbocycles. The summed E-state index contributed by atoms with van der Waals surface area (Å²) in [5, 5.41) is 0. The van der Waals surface area contributed by atoms with Crippen molar-refractivity contribution in [3.8, 4) is 0 Å². The zero-order valence-electron chi connectivity index (χ0n) is 10.7. The Morgan fingerprint density at radius 2 is 2.06 bits per heavy atom. The maximum absolute atomic E-state index is 11.5. The maximum Gasteiger partial charge on any atom is 0.338 e. The molecule has 0 bridgehead atoms. The summed E-state index contributed by atoms with van der Waals surface area (Å²) in [7, 11) is 1.39. The summed E-state index contributed by atoms with van der Waals surface area (Å²) in [5.41, 5.74) is 1.46. The van der Waals surface area contributed by atoms with Gasteiger partial charge in [-0.2, -0.15) is 0 Å². The lowest BCUT2D eigenvalue weighted by Crippen LogP contribution is -2.11. The van der Waals surface area contributed by atoms with E-state index in [0.29, 0.717) is 12.2 Å². The monoisotopic (exact) mass is 236 g/mol. The van der Waals surface area contributed by atoms with Crippen molar-refractivity contribution in [2.45, 2.75) is 39.4 Å². The van der Waals surface area contributed by atoms with Crippen LogP contribution in [0.3, 0.4) is 0 Å². The SMILES string of the molecule is CCCC(C)OCc1ccccc1C(=O)OC. The molecular weight excluding hydrogens is 216 g/mol. The van der Waals surface area contributed by atoms with E-state index in [9.17, 15) is 4.79 Å². The second-order valence-electron chi connectivity index (χ2n) is 4.06. The summed E-state index contributed by atoms with van der Waals surface area (Å²) < 4.78 is 10.4. The summed E-state index contributed by atoms with van der Waals surface area (Å²) in [5.74, 6) is -0.313. The molecule has 0 spiro atoms. The third-order valence-electron chi connectivity index (χ3n) is 2.64. The number of hydrogen-bond acceptors (Lipinski definition) is 3. The van der Waals surface area contributed by atoms with Crippen LogP contribution in [0.25, 0.3) is 0 Å². The van der Waals surface area contributed by atoms with Crippen molar-refractivity contribution >= 4 is 5.97 Å². The van der Waals surface area contributed by atoms with Gasteiger partial charge >= 0.3 is 5.97 Å². The van der Waals surface area contributed by atoms with Crippen molar-refractivity contribution in [1.82, 2.24) is 0 Å². The lowest BCUT2D eigenvalue weighted by atomic mass is 10.1. The first-order chi connectivity index (χ1) is 8.19. The van der Waals surface area contributed by atoms with Gasteiger partial charge in [0.2, 0.25) is 0 Å². The lowest BCUT2D eigenvalue weighted by molar-refractivity contribution is 0.0443. The summed E-state index contributed by atoms with van der Waals surface area (Å²) in [6, 6.07) is 7.38. The Balaban J connectivity index is 2.67. The molecule has 0 N–H and O–H groups in total. The Bertz CT molecular complexity index is 360. The topological polar surface area (TPSA) is 35.5 Å². The minimum absolute atomic E-state index is 0.214. The quantitative estimate of drug-likeness (QED) is 0.712. The van der Waals surface area contributed by atoms with Gasteiger partial charge in [0.05, 0.1) is 25.4 Å². The third kappa shape index (κ3) is 4.19. The minimum atomic E-state index is -0.313. The van der Waals surface area contributed by atoms with Crippen LogP contribution in [0.15, 0.2) is 24.3 Å². The van der Waals surface area contributed by atoms with Crippen LogP contribution in [0.4, 0.5) is 0 Å². The van der Waals surface area contributed by atoms with Crippen LogP contribution in [0.1, 0.15) is 42.6 Å². The van der Waals surface area contributed by atoms with Gasteiger partial charge in [-0.1, -0.05) is 31.5 Å². The maximum atomic E-state index is 11.5. The van der Waals surface area contributed by atoms with Crippen molar-refractivity contribution in [3.63, 3.8) is 0 Å². The number of esters is 1. The zero-order valence-corrected chi connectivity index (χ0v) is 10.7. The van der Waals surface area contributed by atoms with Gasteiger partial charge in [-0.3, -0.25) is 0 Å². The van der Waals surface area contributed by atoms with Gasteiger partial charge in [0.1, 0.15) is 0 Å². The number of benzene rings is 1. The first-order valence-corrected chi connectivity index (χ1v) is 5.96. The van der Waals surface area contributed by atoms with Crippen molar-refractivity contribution < 1.29 is 14.3 Å². The first kappa shape index (κ1) is 13.7. The molecule has 3 nitrogen and oxygen atoms in total. The molecular formula is C14H20O3. The van der Waals surface area contributed by atoms with Crippen LogP contribution in [0, 0.1) is 0 Å². The second kappa shape index (κ2) is 7.07. The van der Waals surface area contributed by atoms with Gasteiger partial charge in [-0.15, -0.1) is 0 Å². The molecule has 17 heavy (non-hydrogen) atoms.